The minimum absolute atomic E-state index is 0.0909. The Balaban J connectivity index is 1.46. The van der Waals surface area contributed by atoms with E-state index in [0.717, 1.165) is 16.7 Å². The van der Waals surface area contributed by atoms with E-state index in [0.29, 0.717) is 17.1 Å². The summed E-state index contributed by atoms with van der Waals surface area (Å²) in [4.78, 5) is 27.1. The number of hydrogen-bond acceptors (Lipinski definition) is 8. The molecule has 1 aromatic heterocycles. The van der Waals surface area contributed by atoms with Crippen molar-refractivity contribution in [3.63, 3.8) is 0 Å². The van der Waals surface area contributed by atoms with E-state index < -0.39 is 47.0 Å². The van der Waals surface area contributed by atoms with Gasteiger partial charge in [-0.3, -0.25) is 14.3 Å². The number of aryl methyl sites for hydroxylation is 1. The number of aromatic amines is 1. The predicted octanol–water partition coefficient (Wildman–Crippen LogP) is 3.29. The van der Waals surface area contributed by atoms with Crippen LogP contribution in [0.4, 0.5) is 0 Å². The van der Waals surface area contributed by atoms with E-state index in [1.54, 1.807) is 21.1 Å². The third-order valence-corrected chi connectivity index (χ3v) is 8.59. The van der Waals surface area contributed by atoms with Crippen LogP contribution in [0, 0.1) is 6.92 Å². The topological polar surface area (TPSA) is 121 Å². The van der Waals surface area contributed by atoms with Gasteiger partial charge in [0, 0.05) is 11.8 Å². The van der Waals surface area contributed by atoms with Gasteiger partial charge in [0.15, 0.2) is 6.23 Å². The molecule has 4 aromatic rings. The number of aromatic nitrogens is 2. The minimum Gasteiger partial charge on any atom is -0.497 e. The molecule has 0 radical (unpaired) electrons. The number of hydrogen-bond donors (Lipinski definition) is 2. The summed E-state index contributed by atoms with van der Waals surface area (Å²) in [6.45, 7) is 3.32. The molecular formula is C33H34N2O8. The molecule has 0 spiro atoms. The molecule has 2 fully saturated rings. The Morgan fingerprint density at radius 2 is 1.47 bits per heavy atom. The quantitative estimate of drug-likeness (QED) is 0.287. The number of benzene rings is 3. The Bertz CT molecular complexity index is 1650. The van der Waals surface area contributed by atoms with Gasteiger partial charge in [-0.25, -0.2) is 4.79 Å². The van der Waals surface area contributed by atoms with E-state index in [9.17, 15) is 14.7 Å². The zero-order valence-electron chi connectivity index (χ0n) is 24.4. The van der Waals surface area contributed by atoms with Crippen molar-refractivity contribution >= 4 is 0 Å². The molecule has 3 heterocycles. The summed E-state index contributed by atoms with van der Waals surface area (Å²) >= 11 is 0. The van der Waals surface area contributed by atoms with E-state index in [2.05, 4.69) is 4.98 Å². The van der Waals surface area contributed by atoms with Crippen molar-refractivity contribution in [3.8, 4) is 11.5 Å². The molecular weight excluding hydrogens is 552 g/mol. The first-order chi connectivity index (χ1) is 20.7. The Morgan fingerprint density at radius 3 is 2.02 bits per heavy atom. The van der Waals surface area contributed by atoms with Gasteiger partial charge in [-0.1, -0.05) is 54.6 Å². The minimum atomic E-state index is -1.32. The standard InChI is InChI=1S/C33H34N2O8/c1-20-18-35(31(38)34-29(20)37)30-27-28(36)32(43-30,21(2)42-27)19-41-33(22-8-6-5-7-9-22,23-10-14-25(39-3)15-11-23)24-12-16-26(40-4)17-13-24/h5-18,21,27-28,30,36H,19H2,1-4H3,(H,34,37,38)/t21-,27+,28-,30+,32-/m0/s1. The smallest absolute Gasteiger partial charge is 0.330 e. The number of nitrogens with one attached hydrogen (secondary N) is 1. The number of nitrogens with zero attached hydrogens (tertiary/aromatic N) is 1. The highest BCUT2D eigenvalue weighted by atomic mass is 16.7. The van der Waals surface area contributed by atoms with Crippen molar-refractivity contribution in [1.82, 2.24) is 9.55 Å². The van der Waals surface area contributed by atoms with Crippen LogP contribution in [0.15, 0.2) is 94.6 Å². The molecule has 0 aliphatic carbocycles. The molecule has 0 amide bonds. The molecule has 0 saturated carbocycles. The Hall–Kier alpha value is -4.22. The second kappa shape index (κ2) is 11.1. The molecule has 2 bridgehead atoms. The van der Waals surface area contributed by atoms with Crippen LogP contribution in [0.5, 0.6) is 11.5 Å². The number of fused-ring (bicyclic) bond motifs is 2. The van der Waals surface area contributed by atoms with Crippen molar-refractivity contribution in [2.24, 2.45) is 0 Å². The van der Waals surface area contributed by atoms with Gasteiger partial charge >= 0.3 is 5.69 Å². The van der Waals surface area contributed by atoms with Crippen LogP contribution < -0.4 is 20.7 Å². The first kappa shape index (κ1) is 28.9. The molecule has 43 heavy (non-hydrogen) atoms. The van der Waals surface area contributed by atoms with Crippen LogP contribution in [0.25, 0.3) is 0 Å². The molecule has 2 aliphatic heterocycles. The van der Waals surface area contributed by atoms with Gasteiger partial charge in [-0.15, -0.1) is 0 Å². The molecule has 224 valence electrons. The number of methoxy groups -OCH3 is 2. The molecule has 10 nitrogen and oxygen atoms in total. The monoisotopic (exact) mass is 586 g/mol. The van der Waals surface area contributed by atoms with Gasteiger partial charge in [-0.2, -0.15) is 0 Å². The molecule has 6 rings (SSSR count). The van der Waals surface area contributed by atoms with Crippen molar-refractivity contribution in [1.29, 1.82) is 0 Å². The first-order valence-electron chi connectivity index (χ1n) is 14.1. The molecule has 5 atom stereocenters. The lowest BCUT2D eigenvalue weighted by atomic mass is 9.79. The van der Waals surface area contributed by atoms with Gasteiger partial charge in [0.1, 0.15) is 34.9 Å². The predicted molar refractivity (Wildman–Crippen MR) is 158 cm³/mol. The van der Waals surface area contributed by atoms with E-state index in [4.69, 9.17) is 23.7 Å². The third-order valence-electron chi connectivity index (χ3n) is 8.59. The van der Waals surface area contributed by atoms with Crippen LogP contribution in [-0.4, -0.2) is 59.4 Å². The van der Waals surface area contributed by atoms with Gasteiger partial charge < -0.3 is 28.8 Å². The number of aliphatic hydroxyl groups excluding tert-OH is 1. The number of aliphatic hydroxyl groups is 1. The first-order valence-corrected chi connectivity index (χ1v) is 14.1. The maximum absolute atomic E-state index is 12.8. The van der Waals surface area contributed by atoms with Gasteiger partial charge in [-0.05, 0) is 54.8 Å². The van der Waals surface area contributed by atoms with Gasteiger partial charge in [0.25, 0.3) is 5.56 Å². The van der Waals surface area contributed by atoms with Crippen LogP contribution in [0.3, 0.4) is 0 Å². The largest absolute Gasteiger partial charge is 0.497 e. The van der Waals surface area contributed by atoms with Gasteiger partial charge in [0.2, 0.25) is 0 Å². The molecule has 0 unspecified atom stereocenters. The highest BCUT2D eigenvalue weighted by Crippen LogP contribution is 2.50. The summed E-state index contributed by atoms with van der Waals surface area (Å²) < 4.78 is 31.9. The fourth-order valence-corrected chi connectivity index (χ4v) is 6.15. The lowest BCUT2D eigenvalue weighted by Gasteiger charge is -2.41. The fraction of sp³-hybridized carbons (Fsp3) is 0.333. The molecule has 2 N–H and O–H groups in total. The molecule has 2 aliphatic rings. The van der Waals surface area contributed by atoms with Crippen LogP contribution in [0.2, 0.25) is 0 Å². The second-order valence-electron chi connectivity index (χ2n) is 10.9. The van der Waals surface area contributed by atoms with E-state index in [-0.39, 0.29) is 6.61 Å². The highest BCUT2D eigenvalue weighted by Gasteiger charge is 2.66. The Morgan fingerprint density at radius 1 is 0.907 bits per heavy atom. The maximum atomic E-state index is 12.8. The molecule has 10 heteroatoms. The lowest BCUT2D eigenvalue weighted by Crippen LogP contribution is -2.52. The van der Waals surface area contributed by atoms with Crippen LogP contribution >= 0.6 is 0 Å². The number of ether oxygens (including phenoxy) is 5. The average Bonchev–Trinajstić information content (AvgIpc) is 3.44. The zero-order chi connectivity index (χ0) is 30.4. The van der Waals surface area contributed by atoms with Crippen molar-refractivity contribution < 1.29 is 28.8 Å². The summed E-state index contributed by atoms with van der Waals surface area (Å²) in [5.41, 5.74) is -0.785. The lowest BCUT2D eigenvalue weighted by molar-refractivity contribution is -0.232. The summed E-state index contributed by atoms with van der Waals surface area (Å²) in [5, 5.41) is 11.6. The van der Waals surface area contributed by atoms with Gasteiger partial charge in [0.05, 0.1) is 26.9 Å². The third kappa shape index (κ3) is 4.67. The SMILES string of the molecule is COc1ccc(C(OC[C@]23O[C@@H](n4cc(C)c(=O)[nH]c4=O)[C@H](O[C@H]2C)[C@@H]3O)(c2ccccc2)c2ccc(OC)cc2)cc1. The van der Waals surface area contributed by atoms with Crippen LogP contribution in [0.1, 0.15) is 35.4 Å². The fourth-order valence-electron chi connectivity index (χ4n) is 6.15. The van der Waals surface area contributed by atoms with Crippen molar-refractivity contribution in [2.75, 3.05) is 20.8 Å². The molecule has 2 saturated heterocycles. The number of H-pyrrole nitrogens is 1. The van der Waals surface area contributed by atoms with Crippen molar-refractivity contribution in [3.05, 3.63) is 128 Å². The van der Waals surface area contributed by atoms with E-state index in [1.807, 2.05) is 85.8 Å². The number of rotatable bonds is 9. The maximum Gasteiger partial charge on any atom is 0.330 e. The normalized spacial score (nSPS) is 24.7. The average molecular weight is 587 g/mol. The molecule has 3 aromatic carbocycles. The zero-order valence-corrected chi connectivity index (χ0v) is 24.4. The Labute approximate surface area is 248 Å². The van der Waals surface area contributed by atoms with Crippen molar-refractivity contribution in [2.45, 2.75) is 49.6 Å². The van der Waals surface area contributed by atoms with E-state index in [1.165, 1.54) is 10.8 Å². The summed E-state index contributed by atoms with van der Waals surface area (Å²) in [7, 11) is 3.22. The van der Waals surface area contributed by atoms with Crippen LogP contribution in [-0.2, 0) is 19.8 Å². The Kier molecular flexibility index (Phi) is 7.47. The highest BCUT2D eigenvalue weighted by molar-refractivity contribution is 5.49. The van der Waals surface area contributed by atoms with E-state index >= 15 is 0 Å². The summed E-state index contributed by atoms with van der Waals surface area (Å²) in [5.74, 6) is 1.39. The summed E-state index contributed by atoms with van der Waals surface area (Å²) in [6, 6.07) is 25.1. The second-order valence-corrected chi connectivity index (χ2v) is 10.9. The summed E-state index contributed by atoms with van der Waals surface area (Å²) in [6.07, 6.45) is -2.08.